The fraction of sp³-hybridized carbons (Fsp3) is 0.571. The molecule has 1 fully saturated rings. The van der Waals surface area contributed by atoms with Gasteiger partial charge in [-0.15, -0.1) is 0 Å². The number of halogens is 1. The van der Waals surface area contributed by atoms with Crippen molar-refractivity contribution < 1.29 is 0 Å². The number of likely N-dealkylation sites (tertiary alicyclic amines) is 1. The lowest BCUT2D eigenvalue weighted by atomic mass is 9.92. The molecule has 1 nitrogen and oxygen atoms in total. The number of rotatable bonds is 2. The SMILES string of the molecule is CC1CCCN(Cc2ccc(Br)cc2)C1C. The molecule has 1 aromatic carbocycles. The largest absolute Gasteiger partial charge is 0.296 e. The Hall–Kier alpha value is -0.340. The van der Waals surface area contributed by atoms with Crippen LogP contribution in [-0.2, 0) is 6.54 Å². The zero-order valence-corrected chi connectivity index (χ0v) is 11.7. The second-order valence-electron chi connectivity index (χ2n) is 4.96. The Morgan fingerprint density at radius 2 is 1.94 bits per heavy atom. The summed E-state index contributed by atoms with van der Waals surface area (Å²) in [6.07, 6.45) is 2.74. The standard InChI is InChI=1S/C14H20BrN/c1-11-4-3-9-16(12(11)2)10-13-5-7-14(15)8-6-13/h5-8,11-12H,3-4,9-10H2,1-2H3. The smallest absolute Gasteiger partial charge is 0.0236 e. The van der Waals surface area contributed by atoms with Crippen molar-refractivity contribution in [1.29, 1.82) is 0 Å². The van der Waals surface area contributed by atoms with Crippen LogP contribution in [0.5, 0.6) is 0 Å². The minimum atomic E-state index is 0.720. The Labute approximate surface area is 107 Å². The summed E-state index contributed by atoms with van der Waals surface area (Å²) in [5.41, 5.74) is 1.42. The van der Waals surface area contributed by atoms with Crippen LogP contribution >= 0.6 is 15.9 Å². The van der Waals surface area contributed by atoms with E-state index in [1.165, 1.54) is 24.9 Å². The lowest BCUT2D eigenvalue weighted by Gasteiger charge is -2.38. The highest BCUT2D eigenvalue weighted by Gasteiger charge is 2.24. The summed E-state index contributed by atoms with van der Waals surface area (Å²) in [4.78, 5) is 2.61. The van der Waals surface area contributed by atoms with Gasteiger partial charge in [-0.05, 0) is 49.9 Å². The summed E-state index contributed by atoms with van der Waals surface area (Å²) in [6, 6.07) is 9.42. The van der Waals surface area contributed by atoms with Crippen molar-refractivity contribution in [3.05, 3.63) is 34.3 Å². The molecule has 2 unspecified atom stereocenters. The zero-order chi connectivity index (χ0) is 11.5. The molecule has 2 heteroatoms. The molecule has 0 bridgehead atoms. The topological polar surface area (TPSA) is 3.24 Å². The molecule has 1 aliphatic heterocycles. The van der Waals surface area contributed by atoms with Gasteiger partial charge in [-0.3, -0.25) is 4.90 Å². The number of benzene rings is 1. The van der Waals surface area contributed by atoms with Gasteiger partial charge in [-0.25, -0.2) is 0 Å². The van der Waals surface area contributed by atoms with E-state index in [0.717, 1.165) is 23.0 Å². The molecule has 1 saturated heterocycles. The van der Waals surface area contributed by atoms with Crippen LogP contribution in [0, 0.1) is 5.92 Å². The van der Waals surface area contributed by atoms with Gasteiger partial charge in [-0.2, -0.15) is 0 Å². The lowest BCUT2D eigenvalue weighted by molar-refractivity contribution is 0.106. The van der Waals surface area contributed by atoms with Crippen LogP contribution in [0.25, 0.3) is 0 Å². The van der Waals surface area contributed by atoms with Gasteiger partial charge in [0.2, 0.25) is 0 Å². The maximum atomic E-state index is 3.48. The van der Waals surface area contributed by atoms with E-state index < -0.39 is 0 Å². The van der Waals surface area contributed by atoms with Gasteiger partial charge >= 0.3 is 0 Å². The van der Waals surface area contributed by atoms with Crippen molar-refractivity contribution in [2.75, 3.05) is 6.54 Å². The van der Waals surface area contributed by atoms with E-state index in [0.29, 0.717) is 0 Å². The van der Waals surface area contributed by atoms with Gasteiger partial charge in [0.15, 0.2) is 0 Å². The predicted molar refractivity (Wildman–Crippen MR) is 72.4 cm³/mol. The molecule has 0 radical (unpaired) electrons. The van der Waals surface area contributed by atoms with Crippen LogP contribution in [0.2, 0.25) is 0 Å². The first-order chi connectivity index (χ1) is 7.66. The summed E-state index contributed by atoms with van der Waals surface area (Å²) in [7, 11) is 0. The van der Waals surface area contributed by atoms with Crippen molar-refractivity contribution in [3.63, 3.8) is 0 Å². The van der Waals surface area contributed by atoms with E-state index in [-0.39, 0.29) is 0 Å². The average molecular weight is 282 g/mol. The van der Waals surface area contributed by atoms with Crippen LogP contribution in [0.15, 0.2) is 28.7 Å². The van der Waals surface area contributed by atoms with Crippen LogP contribution in [0.1, 0.15) is 32.3 Å². The summed E-state index contributed by atoms with van der Waals surface area (Å²) in [6.45, 7) is 7.08. The summed E-state index contributed by atoms with van der Waals surface area (Å²) in [5.74, 6) is 0.837. The third kappa shape index (κ3) is 2.86. The molecular formula is C14H20BrN. The normalized spacial score (nSPS) is 26.9. The molecule has 1 aromatic rings. The van der Waals surface area contributed by atoms with Crippen molar-refractivity contribution in [3.8, 4) is 0 Å². The lowest BCUT2D eigenvalue weighted by Crippen LogP contribution is -2.41. The molecule has 0 N–H and O–H groups in total. The van der Waals surface area contributed by atoms with Crippen molar-refractivity contribution in [2.45, 2.75) is 39.3 Å². The van der Waals surface area contributed by atoms with E-state index in [2.05, 4.69) is 58.9 Å². The van der Waals surface area contributed by atoms with E-state index in [9.17, 15) is 0 Å². The molecule has 1 aliphatic rings. The van der Waals surface area contributed by atoms with Gasteiger partial charge in [0.1, 0.15) is 0 Å². The average Bonchev–Trinajstić information content (AvgIpc) is 2.28. The van der Waals surface area contributed by atoms with Crippen LogP contribution in [0.3, 0.4) is 0 Å². The number of hydrogen-bond acceptors (Lipinski definition) is 1. The first-order valence-corrected chi connectivity index (χ1v) is 6.94. The molecule has 0 aromatic heterocycles. The number of nitrogens with zero attached hydrogens (tertiary/aromatic N) is 1. The van der Waals surface area contributed by atoms with E-state index >= 15 is 0 Å². The van der Waals surface area contributed by atoms with Gasteiger partial charge in [0.05, 0.1) is 0 Å². The Bertz CT molecular complexity index is 333. The highest BCUT2D eigenvalue weighted by molar-refractivity contribution is 9.10. The van der Waals surface area contributed by atoms with Gasteiger partial charge < -0.3 is 0 Å². The third-order valence-corrected chi connectivity index (χ3v) is 4.33. The molecular weight excluding hydrogens is 262 g/mol. The van der Waals surface area contributed by atoms with Crippen LogP contribution in [0.4, 0.5) is 0 Å². The molecule has 2 atom stereocenters. The van der Waals surface area contributed by atoms with Crippen molar-refractivity contribution >= 4 is 15.9 Å². The number of hydrogen-bond donors (Lipinski definition) is 0. The fourth-order valence-electron chi connectivity index (χ4n) is 2.47. The summed E-state index contributed by atoms with van der Waals surface area (Å²) >= 11 is 3.48. The second-order valence-corrected chi connectivity index (χ2v) is 5.87. The molecule has 0 aliphatic carbocycles. The van der Waals surface area contributed by atoms with E-state index in [1.54, 1.807) is 0 Å². The second kappa shape index (κ2) is 5.33. The molecule has 0 spiro atoms. The Morgan fingerprint density at radius 3 is 2.62 bits per heavy atom. The third-order valence-electron chi connectivity index (χ3n) is 3.80. The Balaban J connectivity index is 2.00. The molecule has 0 saturated carbocycles. The predicted octanol–water partition coefficient (Wildman–Crippen LogP) is 4.07. The van der Waals surface area contributed by atoms with Crippen molar-refractivity contribution in [1.82, 2.24) is 4.90 Å². The van der Waals surface area contributed by atoms with Gasteiger partial charge in [0.25, 0.3) is 0 Å². The quantitative estimate of drug-likeness (QED) is 0.790. The first-order valence-electron chi connectivity index (χ1n) is 6.15. The van der Waals surface area contributed by atoms with E-state index in [1.807, 2.05) is 0 Å². The van der Waals surface area contributed by atoms with Gasteiger partial charge in [0, 0.05) is 17.1 Å². The highest BCUT2D eigenvalue weighted by Crippen LogP contribution is 2.24. The zero-order valence-electron chi connectivity index (χ0n) is 10.1. The van der Waals surface area contributed by atoms with Crippen molar-refractivity contribution in [2.24, 2.45) is 5.92 Å². The minimum Gasteiger partial charge on any atom is -0.296 e. The minimum absolute atomic E-state index is 0.720. The first kappa shape index (κ1) is 12.1. The summed E-state index contributed by atoms with van der Waals surface area (Å²) in [5, 5.41) is 0. The summed E-state index contributed by atoms with van der Waals surface area (Å²) < 4.78 is 1.16. The molecule has 1 heterocycles. The highest BCUT2D eigenvalue weighted by atomic mass is 79.9. The fourth-order valence-corrected chi connectivity index (χ4v) is 2.73. The molecule has 16 heavy (non-hydrogen) atoms. The van der Waals surface area contributed by atoms with E-state index in [4.69, 9.17) is 0 Å². The van der Waals surface area contributed by atoms with Gasteiger partial charge in [-0.1, -0.05) is 35.0 Å². The monoisotopic (exact) mass is 281 g/mol. The van der Waals surface area contributed by atoms with Crippen LogP contribution < -0.4 is 0 Å². The molecule has 2 rings (SSSR count). The maximum Gasteiger partial charge on any atom is 0.0236 e. The van der Waals surface area contributed by atoms with Crippen LogP contribution in [-0.4, -0.2) is 17.5 Å². The molecule has 0 amide bonds. The molecule has 88 valence electrons. The Kier molecular flexibility index (Phi) is 4.04. The Morgan fingerprint density at radius 1 is 1.25 bits per heavy atom. The maximum absolute atomic E-state index is 3.48. The number of piperidine rings is 1.